The first-order valence-electron chi connectivity index (χ1n) is 6.45. The molecule has 1 heterocycles. The second kappa shape index (κ2) is 6.02. The molecule has 0 bridgehead atoms. The Morgan fingerprint density at radius 1 is 1.39 bits per heavy atom. The molecule has 5 nitrogen and oxygen atoms in total. The van der Waals surface area contributed by atoms with E-state index >= 15 is 0 Å². The van der Waals surface area contributed by atoms with E-state index in [1.54, 1.807) is 11.9 Å². The van der Waals surface area contributed by atoms with Gasteiger partial charge in [0.15, 0.2) is 0 Å². The second-order valence-corrected chi connectivity index (χ2v) is 7.43. The molecule has 1 atom stereocenters. The molecule has 0 aromatic heterocycles. The van der Waals surface area contributed by atoms with E-state index in [4.69, 9.17) is 0 Å². The molecule has 0 aliphatic carbocycles. The van der Waals surface area contributed by atoms with Gasteiger partial charge in [0.05, 0.1) is 6.26 Å². The van der Waals surface area contributed by atoms with Crippen molar-refractivity contribution >= 4 is 15.9 Å². The molecule has 1 aliphatic heterocycles. The molecule has 1 amide bonds. The Bertz CT molecular complexity index is 392. The van der Waals surface area contributed by atoms with E-state index in [9.17, 15) is 13.2 Å². The van der Waals surface area contributed by atoms with E-state index in [0.717, 1.165) is 12.8 Å². The van der Waals surface area contributed by atoms with E-state index < -0.39 is 16.1 Å². The molecule has 18 heavy (non-hydrogen) atoms. The van der Waals surface area contributed by atoms with Gasteiger partial charge >= 0.3 is 0 Å². The fraction of sp³-hybridized carbons (Fsp3) is 0.917. The predicted octanol–water partition coefficient (Wildman–Crippen LogP) is 0.915. The van der Waals surface area contributed by atoms with Crippen LogP contribution in [0, 0.1) is 5.92 Å². The number of rotatable bonds is 4. The minimum Gasteiger partial charge on any atom is -0.344 e. The molecule has 0 aromatic carbocycles. The number of nitrogens with zero attached hydrogens (tertiary/aromatic N) is 2. The Labute approximate surface area is 110 Å². The van der Waals surface area contributed by atoms with Gasteiger partial charge in [0.1, 0.15) is 6.04 Å². The van der Waals surface area contributed by atoms with Crippen LogP contribution >= 0.6 is 0 Å². The van der Waals surface area contributed by atoms with Crippen LogP contribution in [0.1, 0.15) is 33.1 Å². The summed E-state index contributed by atoms with van der Waals surface area (Å²) in [7, 11) is -1.55. The highest BCUT2D eigenvalue weighted by Gasteiger charge is 2.35. The van der Waals surface area contributed by atoms with Crippen LogP contribution in [0.15, 0.2) is 0 Å². The normalized spacial score (nSPS) is 22.2. The van der Waals surface area contributed by atoms with E-state index in [0.29, 0.717) is 25.4 Å². The van der Waals surface area contributed by atoms with E-state index in [-0.39, 0.29) is 5.91 Å². The maximum atomic E-state index is 12.3. The number of hydrogen-bond acceptors (Lipinski definition) is 3. The summed E-state index contributed by atoms with van der Waals surface area (Å²) < 4.78 is 24.8. The molecule has 0 spiro atoms. The van der Waals surface area contributed by atoms with Crippen LogP contribution in [0.3, 0.4) is 0 Å². The first kappa shape index (κ1) is 15.4. The number of hydrogen-bond donors (Lipinski definition) is 0. The lowest BCUT2D eigenvalue weighted by atomic mass is 10.0. The minimum absolute atomic E-state index is 0.0752. The Balaban J connectivity index is 2.81. The van der Waals surface area contributed by atoms with Gasteiger partial charge in [-0.25, -0.2) is 8.42 Å². The number of carbonyl (C=O) groups is 1. The largest absolute Gasteiger partial charge is 0.344 e. The van der Waals surface area contributed by atoms with Crippen molar-refractivity contribution in [3.05, 3.63) is 0 Å². The van der Waals surface area contributed by atoms with Gasteiger partial charge in [-0.3, -0.25) is 4.79 Å². The summed E-state index contributed by atoms with van der Waals surface area (Å²) >= 11 is 0. The van der Waals surface area contributed by atoms with Gasteiger partial charge in [0.2, 0.25) is 15.9 Å². The van der Waals surface area contributed by atoms with Crippen LogP contribution in [0.4, 0.5) is 0 Å². The van der Waals surface area contributed by atoms with Gasteiger partial charge in [0, 0.05) is 20.1 Å². The Morgan fingerprint density at radius 3 is 2.50 bits per heavy atom. The number of piperidine rings is 1. The summed E-state index contributed by atoms with van der Waals surface area (Å²) in [5.74, 6) is 0.308. The van der Waals surface area contributed by atoms with Crippen LogP contribution in [-0.2, 0) is 14.8 Å². The van der Waals surface area contributed by atoms with Crippen molar-refractivity contribution in [2.45, 2.75) is 39.2 Å². The zero-order chi connectivity index (χ0) is 13.9. The first-order chi connectivity index (χ1) is 8.23. The van der Waals surface area contributed by atoms with Crippen molar-refractivity contribution in [3.8, 4) is 0 Å². The number of likely N-dealkylation sites (N-methyl/N-ethyl adjacent to an activating group) is 1. The maximum Gasteiger partial charge on any atom is 0.240 e. The zero-order valence-corrected chi connectivity index (χ0v) is 12.5. The number of sulfonamides is 1. The summed E-state index contributed by atoms with van der Waals surface area (Å²) in [6, 6.07) is -0.502. The van der Waals surface area contributed by atoms with E-state index in [2.05, 4.69) is 0 Å². The van der Waals surface area contributed by atoms with E-state index in [1.165, 1.54) is 10.6 Å². The lowest BCUT2D eigenvalue weighted by Crippen LogP contribution is -2.52. The van der Waals surface area contributed by atoms with Crippen LogP contribution in [0.25, 0.3) is 0 Å². The molecular formula is C12H24N2O3S. The average Bonchev–Trinajstić information content (AvgIpc) is 2.26. The molecule has 6 heteroatoms. The highest BCUT2D eigenvalue weighted by atomic mass is 32.2. The third-order valence-corrected chi connectivity index (χ3v) is 4.47. The Kier molecular flexibility index (Phi) is 5.16. The molecule has 1 unspecified atom stereocenters. The summed E-state index contributed by atoms with van der Waals surface area (Å²) in [6.45, 7) is 5.20. The maximum absolute atomic E-state index is 12.3. The molecule has 1 saturated heterocycles. The van der Waals surface area contributed by atoms with Crippen LogP contribution in [-0.4, -0.2) is 56.0 Å². The monoisotopic (exact) mass is 276 g/mol. The quantitative estimate of drug-likeness (QED) is 0.767. The van der Waals surface area contributed by atoms with Crippen molar-refractivity contribution in [2.24, 2.45) is 5.92 Å². The van der Waals surface area contributed by atoms with Gasteiger partial charge in [-0.1, -0.05) is 20.3 Å². The van der Waals surface area contributed by atoms with E-state index in [1.807, 2.05) is 13.8 Å². The van der Waals surface area contributed by atoms with Gasteiger partial charge in [-0.05, 0) is 18.8 Å². The summed E-state index contributed by atoms with van der Waals surface area (Å²) in [6.07, 6.45) is 3.57. The highest BCUT2D eigenvalue weighted by molar-refractivity contribution is 7.88. The predicted molar refractivity (Wildman–Crippen MR) is 71.7 cm³/mol. The third-order valence-electron chi connectivity index (χ3n) is 3.18. The molecule has 0 N–H and O–H groups in total. The smallest absolute Gasteiger partial charge is 0.240 e. The molecule has 0 radical (unpaired) electrons. The lowest BCUT2D eigenvalue weighted by Gasteiger charge is -2.35. The molecule has 1 fully saturated rings. The lowest BCUT2D eigenvalue weighted by molar-refractivity contribution is -0.135. The third kappa shape index (κ3) is 3.95. The van der Waals surface area contributed by atoms with Gasteiger partial charge in [-0.15, -0.1) is 0 Å². The van der Waals surface area contributed by atoms with Crippen molar-refractivity contribution in [1.29, 1.82) is 0 Å². The first-order valence-corrected chi connectivity index (χ1v) is 8.30. The van der Waals surface area contributed by atoms with Crippen LogP contribution in [0.5, 0.6) is 0 Å². The van der Waals surface area contributed by atoms with Crippen molar-refractivity contribution in [3.63, 3.8) is 0 Å². The molecular weight excluding hydrogens is 252 g/mol. The van der Waals surface area contributed by atoms with Crippen molar-refractivity contribution in [2.75, 3.05) is 26.4 Å². The average molecular weight is 276 g/mol. The van der Waals surface area contributed by atoms with Gasteiger partial charge in [0.25, 0.3) is 0 Å². The van der Waals surface area contributed by atoms with Gasteiger partial charge in [-0.2, -0.15) is 4.31 Å². The molecule has 0 aromatic rings. The fourth-order valence-corrected chi connectivity index (χ4v) is 3.56. The molecule has 0 saturated carbocycles. The van der Waals surface area contributed by atoms with Crippen LogP contribution < -0.4 is 0 Å². The van der Waals surface area contributed by atoms with Crippen LogP contribution in [0.2, 0.25) is 0 Å². The summed E-state index contributed by atoms with van der Waals surface area (Å²) in [4.78, 5) is 14.0. The SMILES string of the molecule is CC(C)CN(C)C(=O)C1CCCCN1S(C)(=O)=O. The Hall–Kier alpha value is -0.620. The summed E-state index contributed by atoms with van der Waals surface area (Å²) in [5, 5.41) is 0. The highest BCUT2D eigenvalue weighted by Crippen LogP contribution is 2.21. The fourth-order valence-electron chi connectivity index (χ4n) is 2.44. The Morgan fingerprint density at radius 2 is 2.00 bits per heavy atom. The molecule has 1 rings (SSSR count). The van der Waals surface area contributed by atoms with Gasteiger partial charge < -0.3 is 4.90 Å². The number of carbonyl (C=O) groups excluding carboxylic acids is 1. The summed E-state index contributed by atoms with van der Waals surface area (Å²) in [5.41, 5.74) is 0. The molecule has 106 valence electrons. The minimum atomic E-state index is -3.30. The van der Waals surface area contributed by atoms with Crippen molar-refractivity contribution in [1.82, 2.24) is 9.21 Å². The van der Waals surface area contributed by atoms with Crippen molar-refractivity contribution < 1.29 is 13.2 Å². The zero-order valence-electron chi connectivity index (χ0n) is 11.7. The number of amides is 1. The molecule has 1 aliphatic rings. The topological polar surface area (TPSA) is 57.7 Å². The second-order valence-electron chi connectivity index (χ2n) is 5.50. The standard InChI is InChI=1S/C12H24N2O3S/c1-10(2)9-13(3)12(15)11-7-5-6-8-14(11)18(4,16)17/h10-11H,5-9H2,1-4H3.